The van der Waals surface area contributed by atoms with Gasteiger partial charge in [-0.15, -0.1) is 0 Å². The third kappa shape index (κ3) is 2.26. The molecule has 2 rings (SSSR count). The second-order valence-electron chi connectivity index (χ2n) is 3.52. The van der Waals surface area contributed by atoms with Crippen LogP contribution in [0, 0.1) is 0 Å². The fourth-order valence-corrected chi connectivity index (χ4v) is 1.56. The highest BCUT2D eigenvalue weighted by molar-refractivity contribution is 5.08. The van der Waals surface area contributed by atoms with Crippen molar-refractivity contribution in [3.63, 3.8) is 0 Å². The summed E-state index contributed by atoms with van der Waals surface area (Å²) in [6, 6.07) is 4.05. The summed E-state index contributed by atoms with van der Waals surface area (Å²) in [6.07, 6.45) is 4.63. The molecule has 3 heteroatoms. The zero-order valence-corrected chi connectivity index (χ0v) is 7.56. The molecule has 1 aliphatic heterocycles. The van der Waals surface area contributed by atoms with E-state index in [4.69, 9.17) is 5.11 Å². The number of hydrogen-bond acceptors (Lipinski definition) is 3. The second kappa shape index (κ2) is 3.85. The summed E-state index contributed by atoms with van der Waals surface area (Å²) in [5.74, 6) is 0. The van der Waals surface area contributed by atoms with Gasteiger partial charge >= 0.3 is 0 Å². The zero-order valence-electron chi connectivity index (χ0n) is 7.56. The lowest BCUT2D eigenvalue weighted by Gasteiger charge is -2.35. The van der Waals surface area contributed by atoms with Gasteiger partial charge in [0.25, 0.3) is 0 Å². The Bertz CT molecular complexity index is 257. The summed E-state index contributed by atoms with van der Waals surface area (Å²) in [5.41, 5.74) is 1.27. The van der Waals surface area contributed by atoms with Crippen LogP contribution in [0.1, 0.15) is 5.56 Å². The number of β-amino-alcohol motifs (C(OH)–C–C–N with tert-alkyl or cyclic N) is 1. The van der Waals surface area contributed by atoms with Crippen molar-refractivity contribution < 1.29 is 5.11 Å². The molecule has 0 amide bonds. The van der Waals surface area contributed by atoms with Crippen molar-refractivity contribution in [3.8, 4) is 0 Å². The van der Waals surface area contributed by atoms with Crippen molar-refractivity contribution in [1.82, 2.24) is 9.88 Å². The molecule has 13 heavy (non-hydrogen) atoms. The van der Waals surface area contributed by atoms with Crippen molar-refractivity contribution >= 4 is 0 Å². The number of rotatable bonds is 3. The lowest BCUT2D eigenvalue weighted by Crippen LogP contribution is -2.51. The van der Waals surface area contributed by atoms with Gasteiger partial charge in [-0.25, -0.2) is 0 Å². The zero-order chi connectivity index (χ0) is 9.10. The van der Waals surface area contributed by atoms with E-state index in [-0.39, 0.29) is 6.10 Å². The number of pyridine rings is 1. The highest BCUT2D eigenvalue weighted by Gasteiger charge is 2.23. The molecule has 0 bridgehead atoms. The van der Waals surface area contributed by atoms with E-state index in [1.165, 1.54) is 5.56 Å². The van der Waals surface area contributed by atoms with Crippen LogP contribution in [0.3, 0.4) is 0 Å². The molecule has 70 valence electrons. The third-order valence-corrected chi connectivity index (χ3v) is 2.38. The molecule has 0 spiro atoms. The Kier molecular flexibility index (Phi) is 2.57. The summed E-state index contributed by atoms with van der Waals surface area (Å²) < 4.78 is 0. The number of hydrogen-bond donors (Lipinski definition) is 1. The quantitative estimate of drug-likeness (QED) is 0.723. The Morgan fingerprint density at radius 3 is 3.00 bits per heavy atom. The maximum absolute atomic E-state index is 9.06. The van der Waals surface area contributed by atoms with Crippen molar-refractivity contribution in [2.24, 2.45) is 0 Å². The summed E-state index contributed by atoms with van der Waals surface area (Å²) >= 11 is 0. The largest absolute Gasteiger partial charge is 0.390 e. The lowest BCUT2D eigenvalue weighted by atomic mass is 10.1. The first kappa shape index (κ1) is 8.66. The second-order valence-corrected chi connectivity index (χ2v) is 3.52. The molecule has 1 saturated heterocycles. The van der Waals surface area contributed by atoms with E-state index in [9.17, 15) is 0 Å². The molecule has 1 aliphatic rings. The first-order valence-corrected chi connectivity index (χ1v) is 4.64. The molecule has 0 saturated carbocycles. The van der Waals surface area contributed by atoms with E-state index in [0.717, 1.165) is 26.1 Å². The van der Waals surface area contributed by atoms with Gasteiger partial charge in [0.05, 0.1) is 6.10 Å². The fourth-order valence-electron chi connectivity index (χ4n) is 1.56. The van der Waals surface area contributed by atoms with Crippen LogP contribution < -0.4 is 0 Å². The van der Waals surface area contributed by atoms with E-state index in [0.29, 0.717) is 0 Å². The van der Waals surface area contributed by atoms with E-state index in [2.05, 4.69) is 16.0 Å². The average molecular weight is 178 g/mol. The highest BCUT2D eigenvalue weighted by Crippen LogP contribution is 2.08. The molecule has 1 N–H and O–H groups in total. The Balaban J connectivity index is 1.74. The SMILES string of the molecule is OC1CN(CCc2cccnc2)C1. The number of likely N-dealkylation sites (tertiary alicyclic amines) is 1. The number of nitrogens with zero attached hydrogens (tertiary/aromatic N) is 2. The van der Waals surface area contributed by atoms with Crippen molar-refractivity contribution in [2.45, 2.75) is 12.5 Å². The van der Waals surface area contributed by atoms with Crippen molar-refractivity contribution in [3.05, 3.63) is 30.1 Å². The third-order valence-electron chi connectivity index (χ3n) is 2.38. The average Bonchev–Trinajstić information content (AvgIpc) is 2.12. The summed E-state index contributed by atoms with van der Waals surface area (Å²) in [6.45, 7) is 2.70. The van der Waals surface area contributed by atoms with Gasteiger partial charge in [0.15, 0.2) is 0 Å². The number of aliphatic hydroxyl groups is 1. The Hall–Kier alpha value is -0.930. The van der Waals surface area contributed by atoms with Gasteiger partial charge < -0.3 is 5.11 Å². The van der Waals surface area contributed by atoms with Gasteiger partial charge in [-0.1, -0.05) is 6.07 Å². The number of aromatic nitrogens is 1. The maximum atomic E-state index is 9.06. The molecule has 2 heterocycles. The van der Waals surface area contributed by atoms with Gasteiger partial charge in [0.1, 0.15) is 0 Å². The molecule has 0 aromatic carbocycles. The van der Waals surface area contributed by atoms with Crippen LogP contribution in [-0.4, -0.2) is 40.7 Å². The van der Waals surface area contributed by atoms with Crippen LogP contribution in [0.4, 0.5) is 0 Å². The van der Waals surface area contributed by atoms with Crippen LogP contribution in [0.2, 0.25) is 0 Å². The van der Waals surface area contributed by atoms with Crippen LogP contribution in [-0.2, 0) is 6.42 Å². The Morgan fingerprint density at radius 1 is 1.54 bits per heavy atom. The highest BCUT2D eigenvalue weighted by atomic mass is 16.3. The summed E-state index contributed by atoms with van der Waals surface area (Å²) in [7, 11) is 0. The Labute approximate surface area is 78.0 Å². The lowest BCUT2D eigenvalue weighted by molar-refractivity contribution is 0.00310. The minimum atomic E-state index is -0.0890. The molecule has 0 aliphatic carbocycles. The monoisotopic (exact) mass is 178 g/mol. The Morgan fingerprint density at radius 2 is 2.38 bits per heavy atom. The molecule has 1 fully saturated rings. The van der Waals surface area contributed by atoms with E-state index >= 15 is 0 Å². The first-order valence-electron chi connectivity index (χ1n) is 4.64. The predicted molar refractivity (Wildman–Crippen MR) is 50.4 cm³/mol. The normalized spacial score (nSPS) is 18.5. The number of aliphatic hydroxyl groups excluding tert-OH is 1. The van der Waals surface area contributed by atoms with Crippen LogP contribution in [0.5, 0.6) is 0 Å². The van der Waals surface area contributed by atoms with Crippen LogP contribution in [0.15, 0.2) is 24.5 Å². The van der Waals surface area contributed by atoms with Crippen molar-refractivity contribution in [2.75, 3.05) is 19.6 Å². The van der Waals surface area contributed by atoms with Crippen molar-refractivity contribution in [1.29, 1.82) is 0 Å². The molecular formula is C10H14N2O. The first-order chi connectivity index (χ1) is 6.34. The van der Waals surface area contributed by atoms with Crippen LogP contribution >= 0.6 is 0 Å². The molecular weight excluding hydrogens is 164 g/mol. The molecule has 3 nitrogen and oxygen atoms in total. The van der Waals surface area contributed by atoms with Gasteiger partial charge in [0.2, 0.25) is 0 Å². The fraction of sp³-hybridized carbons (Fsp3) is 0.500. The molecule has 1 aromatic rings. The minimum Gasteiger partial charge on any atom is -0.390 e. The van der Waals surface area contributed by atoms with Gasteiger partial charge in [-0.05, 0) is 18.1 Å². The standard InChI is InChI=1S/C10H14N2O/c13-10-7-12(8-10)5-3-9-2-1-4-11-6-9/h1-2,4,6,10,13H,3,5,7-8H2. The predicted octanol–water partition coefficient (Wildman–Crippen LogP) is 0.301. The van der Waals surface area contributed by atoms with Gasteiger partial charge in [-0.2, -0.15) is 0 Å². The smallest absolute Gasteiger partial charge is 0.0793 e. The van der Waals surface area contributed by atoms with Gasteiger partial charge in [-0.3, -0.25) is 9.88 Å². The van der Waals surface area contributed by atoms with Gasteiger partial charge in [0, 0.05) is 32.0 Å². The maximum Gasteiger partial charge on any atom is 0.0793 e. The summed E-state index contributed by atoms with van der Waals surface area (Å²) in [5, 5.41) is 9.06. The minimum absolute atomic E-state index is 0.0890. The molecule has 1 aromatic heterocycles. The topological polar surface area (TPSA) is 36.4 Å². The molecule has 0 unspecified atom stereocenters. The summed E-state index contributed by atoms with van der Waals surface area (Å²) in [4.78, 5) is 6.30. The van der Waals surface area contributed by atoms with Crippen LogP contribution in [0.25, 0.3) is 0 Å². The van der Waals surface area contributed by atoms with E-state index < -0.39 is 0 Å². The van der Waals surface area contributed by atoms with E-state index in [1.54, 1.807) is 6.20 Å². The van der Waals surface area contributed by atoms with E-state index in [1.807, 2.05) is 12.3 Å². The molecule has 0 atom stereocenters. The molecule has 0 radical (unpaired) electrons.